The second-order valence-corrected chi connectivity index (χ2v) is 5.21. The summed E-state index contributed by atoms with van der Waals surface area (Å²) in [5, 5.41) is 10.8. The largest absolute Gasteiger partial charge is 0.484 e. The number of nitro benzene ring substituents is 1. The van der Waals surface area contributed by atoms with Crippen molar-refractivity contribution in [2.24, 2.45) is 0 Å². The van der Waals surface area contributed by atoms with Crippen LogP contribution in [0.1, 0.15) is 5.56 Å². The van der Waals surface area contributed by atoms with Gasteiger partial charge in [0.1, 0.15) is 5.75 Å². The standard InChI is InChI=1S/C17H17N3O6/c1-12-6-8-13(9-7-12)25-10-16(21)18-19-17(22)11-26-15-5-3-2-4-14(15)20(23)24/h2-9H,10-11H2,1H3,(H,18,21)(H,19,22). The summed E-state index contributed by atoms with van der Waals surface area (Å²) in [6, 6.07) is 12.8. The predicted molar refractivity (Wildman–Crippen MR) is 91.6 cm³/mol. The zero-order chi connectivity index (χ0) is 18.9. The molecule has 0 aromatic heterocycles. The van der Waals surface area contributed by atoms with Gasteiger partial charge >= 0.3 is 5.69 Å². The third kappa shape index (κ3) is 5.78. The average Bonchev–Trinajstić information content (AvgIpc) is 2.64. The minimum atomic E-state index is -0.674. The molecule has 0 aliphatic carbocycles. The zero-order valence-electron chi connectivity index (χ0n) is 13.9. The lowest BCUT2D eigenvalue weighted by Crippen LogP contribution is -2.45. The van der Waals surface area contributed by atoms with E-state index < -0.39 is 23.3 Å². The summed E-state index contributed by atoms with van der Waals surface area (Å²) >= 11 is 0. The van der Waals surface area contributed by atoms with Crippen molar-refractivity contribution in [3.05, 3.63) is 64.2 Å². The molecule has 2 amide bonds. The topological polar surface area (TPSA) is 120 Å². The first-order chi connectivity index (χ1) is 12.5. The van der Waals surface area contributed by atoms with Gasteiger partial charge in [0.05, 0.1) is 4.92 Å². The number of para-hydroxylation sites is 2. The number of hydrogen-bond donors (Lipinski definition) is 2. The molecule has 9 nitrogen and oxygen atoms in total. The van der Waals surface area contributed by atoms with Gasteiger partial charge in [-0.2, -0.15) is 0 Å². The molecule has 9 heteroatoms. The molecule has 2 N–H and O–H groups in total. The number of hydrazine groups is 1. The molecule has 0 atom stereocenters. The molecule has 0 aliphatic rings. The van der Waals surface area contributed by atoms with E-state index in [2.05, 4.69) is 10.9 Å². The van der Waals surface area contributed by atoms with Crippen LogP contribution < -0.4 is 20.3 Å². The number of carbonyl (C=O) groups excluding carboxylic acids is 2. The summed E-state index contributed by atoms with van der Waals surface area (Å²) in [4.78, 5) is 33.5. The lowest BCUT2D eigenvalue weighted by atomic mass is 10.2. The molecule has 0 saturated carbocycles. The van der Waals surface area contributed by atoms with E-state index in [0.29, 0.717) is 5.75 Å². The van der Waals surface area contributed by atoms with Gasteiger partial charge in [-0.25, -0.2) is 0 Å². The predicted octanol–water partition coefficient (Wildman–Crippen LogP) is 1.51. The van der Waals surface area contributed by atoms with E-state index >= 15 is 0 Å². The summed E-state index contributed by atoms with van der Waals surface area (Å²) in [6.45, 7) is 1.15. The molecule has 2 rings (SSSR count). The van der Waals surface area contributed by atoms with E-state index in [0.717, 1.165) is 5.56 Å². The highest BCUT2D eigenvalue weighted by Crippen LogP contribution is 2.25. The first kappa shape index (κ1) is 18.7. The fourth-order valence-electron chi connectivity index (χ4n) is 1.87. The van der Waals surface area contributed by atoms with Gasteiger partial charge < -0.3 is 9.47 Å². The highest BCUT2D eigenvalue weighted by molar-refractivity contribution is 5.83. The molecule has 2 aromatic rings. The summed E-state index contributed by atoms with van der Waals surface area (Å²) in [5.41, 5.74) is 5.10. The number of amides is 2. The molecular weight excluding hydrogens is 342 g/mol. The van der Waals surface area contributed by atoms with Crippen molar-refractivity contribution in [3.8, 4) is 11.5 Å². The van der Waals surface area contributed by atoms with Crippen LogP contribution in [-0.4, -0.2) is 30.0 Å². The molecule has 0 aliphatic heterocycles. The maximum absolute atomic E-state index is 11.7. The van der Waals surface area contributed by atoms with E-state index in [1.807, 2.05) is 19.1 Å². The Morgan fingerprint density at radius 1 is 0.962 bits per heavy atom. The fourth-order valence-corrected chi connectivity index (χ4v) is 1.87. The van der Waals surface area contributed by atoms with Crippen LogP contribution in [0.5, 0.6) is 11.5 Å². The Bertz CT molecular complexity index is 791. The normalized spacial score (nSPS) is 9.88. The van der Waals surface area contributed by atoms with Gasteiger partial charge in [0.25, 0.3) is 11.8 Å². The van der Waals surface area contributed by atoms with E-state index in [4.69, 9.17) is 9.47 Å². The molecule has 136 valence electrons. The Hall–Kier alpha value is -3.62. The molecule has 0 fully saturated rings. The Balaban J connectivity index is 1.72. The maximum Gasteiger partial charge on any atom is 0.310 e. The highest BCUT2D eigenvalue weighted by atomic mass is 16.6. The average molecular weight is 359 g/mol. The van der Waals surface area contributed by atoms with Crippen molar-refractivity contribution >= 4 is 17.5 Å². The van der Waals surface area contributed by atoms with Crippen LogP contribution in [-0.2, 0) is 9.59 Å². The Morgan fingerprint density at radius 2 is 1.54 bits per heavy atom. The summed E-state index contributed by atoms with van der Waals surface area (Å²) < 4.78 is 10.4. The number of nitrogens with one attached hydrogen (secondary N) is 2. The van der Waals surface area contributed by atoms with Crippen LogP contribution in [0.4, 0.5) is 5.69 Å². The lowest BCUT2D eigenvalue weighted by Gasteiger charge is -2.10. The van der Waals surface area contributed by atoms with Crippen molar-refractivity contribution in [1.82, 2.24) is 10.9 Å². The van der Waals surface area contributed by atoms with E-state index in [9.17, 15) is 19.7 Å². The molecule has 0 bridgehead atoms. The van der Waals surface area contributed by atoms with Gasteiger partial charge in [0.15, 0.2) is 19.0 Å². The molecule has 0 unspecified atom stereocenters. The van der Waals surface area contributed by atoms with Crippen molar-refractivity contribution < 1.29 is 24.0 Å². The fraction of sp³-hybridized carbons (Fsp3) is 0.176. The first-order valence-electron chi connectivity index (χ1n) is 7.59. The second-order valence-electron chi connectivity index (χ2n) is 5.21. The first-order valence-corrected chi connectivity index (χ1v) is 7.59. The molecule has 2 aromatic carbocycles. The van der Waals surface area contributed by atoms with Crippen molar-refractivity contribution in [2.45, 2.75) is 6.92 Å². The lowest BCUT2D eigenvalue weighted by molar-refractivity contribution is -0.385. The smallest absolute Gasteiger partial charge is 0.310 e. The Morgan fingerprint density at radius 3 is 2.15 bits per heavy atom. The minimum absolute atomic E-state index is 0.0401. The van der Waals surface area contributed by atoms with E-state index in [1.165, 1.54) is 18.2 Å². The van der Waals surface area contributed by atoms with Crippen LogP contribution in [0, 0.1) is 17.0 Å². The van der Waals surface area contributed by atoms with Crippen molar-refractivity contribution in [3.63, 3.8) is 0 Å². The van der Waals surface area contributed by atoms with Gasteiger partial charge in [-0.15, -0.1) is 0 Å². The number of nitrogens with zero attached hydrogens (tertiary/aromatic N) is 1. The highest BCUT2D eigenvalue weighted by Gasteiger charge is 2.15. The number of carbonyl (C=O) groups is 2. The molecule has 0 spiro atoms. The molecular formula is C17H17N3O6. The van der Waals surface area contributed by atoms with Crippen molar-refractivity contribution in [1.29, 1.82) is 0 Å². The number of hydrogen-bond acceptors (Lipinski definition) is 6. The second kappa shape index (κ2) is 9.02. The van der Waals surface area contributed by atoms with Crippen molar-refractivity contribution in [2.75, 3.05) is 13.2 Å². The molecule has 0 radical (unpaired) electrons. The Labute approximate surface area is 149 Å². The number of nitro groups is 1. The van der Waals surface area contributed by atoms with Crippen LogP contribution >= 0.6 is 0 Å². The number of ether oxygens (including phenoxy) is 2. The Kier molecular flexibility index (Phi) is 6.49. The number of benzene rings is 2. The van der Waals surface area contributed by atoms with E-state index in [1.54, 1.807) is 18.2 Å². The van der Waals surface area contributed by atoms with Gasteiger partial charge in [-0.05, 0) is 25.1 Å². The summed E-state index contributed by atoms with van der Waals surface area (Å²) in [7, 11) is 0. The van der Waals surface area contributed by atoms with Crippen LogP contribution in [0.15, 0.2) is 48.5 Å². The summed E-state index contributed by atoms with van der Waals surface area (Å²) in [6.07, 6.45) is 0. The van der Waals surface area contributed by atoms with Crippen LogP contribution in [0.25, 0.3) is 0 Å². The van der Waals surface area contributed by atoms with Gasteiger partial charge in [-0.3, -0.25) is 30.6 Å². The number of aryl methyl sites for hydroxylation is 1. The van der Waals surface area contributed by atoms with Gasteiger partial charge in [0, 0.05) is 6.07 Å². The quantitative estimate of drug-likeness (QED) is 0.571. The SMILES string of the molecule is Cc1ccc(OCC(=O)NNC(=O)COc2ccccc2[N+](=O)[O-])cc1. The van der Waals surface area contributed by atoms with Gasteiger partial charge in [0.2, 0.25) is 0 Å². The molecule has 26 heavy (non-hydrogen) atoms. The zero-order valence-corrected chi connectivity index (χ0v) is 13.9. The van der Waals surface area contributed by atoms with Crippen LogP contribution in [0.2, 0.25) is 0 Å². The third-order valence-electron chi connectivity index (χ3n) is 3.15. The van der Waals surface area contributed by atoms with Crippen LogP contribution in [0.3, 0.4) is 0 Å². The number of rotatable bonds is 7. The monoisotopic (exact) mass is 359 g/mol. The van der Waals surface area contributed by atoms with E-state index in [-0.39, 0.29) is 18.0 Å². The van der Waals surface area contributed by atoms with Gasteiger partial charge in [-0.1, -0.05) is 29.8 Å². The third-order valence-corrected chi connectivity index (χ3v) is 3.15. The molecule has 0 heterocycles. The molecule has 0 saturated heterocycles. The minimum Gasteiger partial charge on any atom is -0.484 e. The summed E-state index contributed by atoms with van der Waals surface area (Å²) in [5.74, 6) is -0.755. The maximum atomic E-state index is 11.7.